The van der Waals surface area contributed by atoms with Gasteiger partial charge >= 0.3 is 0 Å². The zero-order valence-electron chi connectivity index (χ0n) is 13.3. The van der Waals surface area contributed by atoms with Crippen LogP contribution in [0.3, 0.4) is 0 Å². The van der Waals surface area contributed by atoms with E-state index in [1.807, 2.05) is 0 Å². The standard InChI is InChI=1S/C14H8N2O6S6/c17-27(18,19)7-1-3-11-9(5-7)15-13(23-11)25-26-14-16-10-6-8(28(20,21)22)2-4-12(10)24-14/h1-6H,(H,17,18,19)(H,20,21,22). The minimum absolute atomic E-state index is 0.213. The van der Waals surface area contributed by atoms with Crippen molar-refractivity contribution in [2.45, 2.75) is 18.5 Å². The molecule has 0 bridgehead atoms. The second kappa shape index (κ2) is 7.21. The van der Waals surface area contributed by atoms with Gasteiger partial charge < -0.3 is 0 Å². The van der Waals surface area contributed by atoms with Crippen LogP contribution in [0.1, 0.15) is 0 Å². The van der Waals surface area contributed by atoms with Crippen LogP contribution in [0.25, 0.3) is 20.4 Å². The van der Waals surface area contributed by atoms with E-state index in [1.54, 1.807) is 12.1 Å². The largest absolute Gasteiger partial charge is 0.294 e. The Morgan fingerprint density at radius 2 is 1.11 bits per heavy atom. The monoisotopic (exact) mass is 492 g/mol. The van der Waals surface area contributed by atoms with Crippen LogP contribution in [0, 0.1) is 0 Å². The minimum Gasteiger partial charge on any atom is -0.282 e. The van der Waals surface area contributed by atoms with Crippen LogP contribution >= 0.6 is 44.3 Å². The third kappa shape index (κ3) is 4.18. The number of nitrogens with zero attached hydrogens (tertiary/aromatic N) is 2. The molecule has 8 nitrogen and oxygen atoms in total. The molecule has 4 aromatic rings. The number of hydrogen-bond acceptors (Lipinski definition) is 10. The topological polar surface area (TPSA) is 135 Å². The second-order valence-electron chi connectivity index (χ2n) is 5.34. The summed E-state index contributed by atoms with van der Waals surface area (Å²) in [6.07, 6.45) is 0. The molecule has 0 atom stereocenters. The maximum Gasteiger partial charge on any atom is 0.294 e. The van der Waals surface area contributed by atoms with Gasteiger partial charge in [-0.25, -0.2) is 9.97 Å². The molecule has 28 heavy (non-hydrogen) atoms. The van der Waals surface area contributed by atoms with Gasteiger partial charge in [0, 0.05) is 0 Å². The van der Waals surface area contributed by atoms with Gasteiger partial charge in [-0.2, -0.15) is 16.8 Å². The summed E-state index contributed by atoms with van der Waals surface area (Å²) in [7, 11) is -5.91. The molecule has 0 amide bonds. The Kier molecular flexibility index (Phi) is 5.16. The Labute approximate surface area is 174 Å². The summed E-state index contributed by atoms with van der Waals surface area (Å²) in [5.41, 5.74) is 0.927. The summed E-state index contributed by atoms with van der Waals surface area (Å²) >= 11 is 2.74. The molecule has 0 fully saturated rings. The van der Waals surface area contributed by atoms with E-state index >= 15 is 0 Å². The number of fused-ring (bicyclic) bond motifs is 2. The van der Waals surface area contributed by atoms with Crippen molar-refractivity contribution >= 4 is 84.9 Å². The van der Waals surface area contributed by atoms with Gasteiger partial charge in [0.25, 0.3) is 20.2 Å². The molecule has 2 aromatic heterocycles. The van der Waals surface area contributed by atoms with Crippen molar-refractivity contribution in [3.8, 4) is 0 Å². The van der Waals surface area contributed by atoms with E-state index in [0.29, 0.717) is 19.7 Å². The number of aromatic nitrogens is 2. The molecular formula is C14H8N2O6S6. The first-order valence-corrected chi connectivity index (χ1v) is 13.9. The summed E-state index contributed by atoms with van der Waals surface area (Å²) in [6.45, 7) is 0. The van der Waals surface area contributed by atoms with Gasteiger partial charge in [0.1, 0.15) is 0 Å². The average molecular weight is 493 g/mol. The number of hydrogen-bond donors (Lipinski definition) is 2. The molecular weight excluding hydrogens is 485 g/mol. The van der Waals surface area contributed by atoms with Crippen molar-refractivity contribution in [2.75, 3.05) is 0 Å². The lowest BCUT2D eigenvalue weighted by Gasteiger charge is -1.94. The van der Waals surface area contributed by atoms with Crippen molar-refractivity contribution in [2.24, 2.45) is 0 Å². The van der Waals surface area contributed by atoms with Crippen molar-refractivity contribution < 1.29 is 25.9 Å². The van der Waals surface area contributed by atoms with Gasteiger partial charge in [0.05, 0.1) is 30.2 Å². The van der Waals surface area contributed by atoms with E-state index in [-0.39, 0.29) is 9.79 Å². The van der Waals surface area contributed by atoms with Crippen molar-refractivity contribution in [1.82, 2.24) is 9.97 Å². The number of rotatable bonds is 5. The first kappa shape index (κ1) is 20.0. The third-order valence-electron chi connectivity index (χ3n) is 3.46. The Hall–Kier alpha value is -1.26. The molecule has 0 radical (unpaired) electrons. The summed E-state index contributed by atoms with van der Waals surface area (Å²) in [6, 6.07) is 8.42. The van der Waals surface area contributed by atoms with Crippen LogP contribution in [0.2, 0.25) is 0 Å². The molecule has 2 heterocycles. The summed E-state index contributed by atoms with van der Waals surface area (Å²) in [5, 5.41) is 0. The lowest BCUT2D eigenvalue weighted by atomic mass is 10.3. The van der Waals surface area contributed by atoms with E-state index in [9.17, 15) is 16.8 Å². The second-order valence-corrected chi connectivity index (χ2v) is 12.9. The summed E-state index contributed by atoms with van der Waals surface area (Å²) in [4.78, 5) is 8.28. The molecule has 146 valence electrons. The first-order chi connectivity index (χ1) is 13.1. The molecule has 0 saturated carbocycles. The predicted octanol–water partition coefficient (Wildman–Crippen LogP) is 4.20. The maximum atomic E-state index is 11.2. The summed E-state index contributed by atoms with van der Waals surface area (Å²) < 4.78 is 66.1. The van der Waals surface area contributed by atoms with E-state index in [1.165, 1.54) is 68.5 Å². The lowest BCUT2D eigenvalue weighted by molar-refractivity contribution is 0.481. The molecule has 0 unspecified atom stereocenters. The van der Waals surface area contributed by atoms with E-state index in [0.717, 1.165) is 9.40 Å². The highest BCUT2D eigenvalue weighted by Gasteiger charge is 2.15. The van der Waals surface area contributed by atoms with Gasteiger partial charge in [-0.15, -0.1) is 22.7 Å². The van der Waals surface area contributed by atoms with Gasteiger partial charge in [0.15, 0.2) is 8.68 Å². The minimum atomic E-state index is -4.29. The normalized spacial score (nSPS) is 12.8. The molecule has 0 spiro atoms. The van der Waals surface area contributed by atoms with Crippen molar-refractivity contribution in [3.05, 3.63) is 36.4 Å². The first-order valence-electron chi connectivity index (χ1n) is 7.20. The summed E-state index contributed by atoms with van der Waals surface area (Å²) in [5.74, 6) is 0. The SMILES string of the molecule is O=S(=O)(O)c1ccc2sc(SSc3nc4cc(S(=O)(=O)O)ccc4s3)nc2c1. The molecule has 2 N–H and O–H groups in total. The molecule has 14 heteroatoms. The van der Waals surface area contributed by atoms with Crippen LogP contribution in [0.5, 0.6) is 0 Å². The van der Waals surface area contributed by atoms with Crippen molar-refractivity contribution in [1.29, 1.82) is 0 Å². The van der Waals surface area contributed by atoms with Crippen LogP contribution in [0.15, 0.2) is 54.9 Å². The molecule has 0 aliphatic carbocycles. The smallest absolute Gasteiger partial charge is 0.282 e. The fourth-order valence-corrected chi connectivity index (χ4v) is 7.69. The molecule has 0 aliphatic heterocycles. The van der Waals surface area contributed by atoms with E-state index in [2.05, 4.69) is 9.97 Å². The quantitative estimate of drug-likeness (QED) is 0.308. The lowest BCUT2D eigenvalue weighted by Crippen LogP contribution is -1.97. The van der Waals surface area contributed by atoms with Gasteiger partial charge in [-0.1, -0.05) is 0 Å². The van der Waals surface area contributed by atoms with Crippen LogP contribution < -0.4 is 0 Å². The maximum absolute atomic E-state index is 11.2. The fraction of sp³-hybridized carbons (Fsp3) is 0. The molecule has 4 rings (SSSR count). The highest BCUT2D eigenvalue weighted by molar-refractivity contribution is 8.77. The Morgan fingerprint density at radius 1 is 0.714 bits per heavy atom. The number of thiazole rings is 2. The Balaban J connectivity index is 1.57. The Morgan fingerprint density at radius 3 is 1.46 bits per heavy atom. The van der Waals surface area contributed by atoms with Gasteiger partial charge in [0.2, 0.25) is 0 Å². The van der Waals surface area contributed by atoms with Crippen LogP contribution in [0.4, 0.5) is 0 Å². The van der Waals surface area contributed by atoms with E-state index in [4.69, 9.17) is 9.11 Å². The average Bonchev–Trinajstić information content (AvgIpc) is 3.19. The van der Waals surface area contributed by atoms with Gasteiger partial charge in [-0.05, 0) is 58.0 Å². The Bertz CT molecular complexity index is 1310. The van der Waals surface area contributed by atoms with E-state index < -0.39 is 20.2 Å². The predicted molar refractivity (Wildman–Crippen MR) is 111 cm³/mol. The zero-order chi connectivity index (χ0) is 20.1. The zero-order valence-corrected chi connectivity index (χ0v) is 18.2. The highest BCUT2D eigenvalue weighted by Crippen LogP contribution is 2.43. The highest BCUT2D eigenvalue weighted by atomic mass is 33.1. The van der Waals surface area contributed by atoms with Crippen molar-refractivity contribution in [3.63, 3.8) is 0 Å². The molecule has 0 saturated heterocycles. The third-order valence-corrected chi connectivity index (χ3v) is 10.2. The van der Waals surface area contributed by atoms with Crippen LogP contribution in [-0.4, -0.2) is 35.9 Å². The number of benzene rings is 2. The molecule has 2 aromatic carbocycles. The fourth-order valence-electron chi connectivity index (χ4n) is 2.24. The van der Waals surface area contributed by atoms with Gasteiger partial charge in [-0.3, -0.25) is 9.11 Å². The molecule has 0 aliphatic rings. The van der Waals surface area contributed by atoms with Crippen LogP contribution in [-0.2, 0) is 20.2 Å².